The third-order valence-electron chi connectivity index (χ3n) is 8.16. The lowest BCUT2D eigenvalue weighted by Gasteiger charge is -2.57. The van der Waals surface area contributed by atoms with E-state index < -0.39 is 0 Å². The summed E-state index contributed by atoms with van der Waals surface area (Å²) in [6.07, 6.45) is 6.36. The summed E-state index contributed by atoms with van der Waals surface area (Å²) < 4.78 is 6.20. The first-order valence-corrected chi connectivity index (χ1v) is 9.44. The molecule has 3 saturated heterocycles. The molecule has 1 aromatic rings. The van der Waals surface area contributed by atoms with Crippen molar-refractivity contribution >= 4 is 5.69 Å². The maximum absolute atomic E-state index is 6.20. The molecule has 1 aliphatic carbocycles. The van der Waals surface area contributed by atoms with Crippen LogP contribution in [0.2, 0.25) is 0 Å². The minimum absolute atomic E-state index is 0.344. The number of hydrogen-bond acceptors (Lipinski definition) is 3. The van der Waals surface area contributed by atoms with Gasteiger partial charge in [0.05, 0.1) is 12.2 Å². The number of para-hydroxylation sites is 1. The largest absolute Gasteiger partial charge is 0.370 e. The van der Waals surface area contributed by atoms with E-state index in [0.717, 1.165) is 0 Å². The van der Waals surface area contributed by atoms with Crippen molar-refractivity contribution in [1.82, 2.24) is 4.90 Å². The lowest BCUT2D eigenvalue weighted by molar-refractivity contribution is -0.0240. The summed E-state index contributed by atoms with van der Waals surface area (Å²) in [4.78, 5) is 5.43. The number of nitrogens with zero attached hydrogens (tertiary/aromatic N) is 2. The average Bonchev–Trinajstić information content (AvgIpc) is 3.22. The molecule has 6 unspecified atom stereocenters. The highest BCUT2D eigenvalue weighted by Crippen LogP contribution is 2.67. The summed E-state index contributed by atoms with van der Waals surface area (Å²) in [5.41, 5.74) is 3.87. The predicted molar refractivity (Wildman–Crippen MR) is 90.9 cm³/mol. The molecule has 3 heteroatoms. The van der Waals surface area contributed by atoms with Gasteiger partial charge in [-0.15, -0.1) is 0 Å². The van der Waals surface area contributed by atoms with E-state index in [9.17, 15) is 0 Å². The van der Waals surface area contributed by atoms with Crippen molar-refractivity contribution in [1.29, 1.82) is 0 Å². The molecule has 4 fully saturated rings. The van der Waals surface area contributed by atoms with E-state index in [0.29, 0.717) is 35.1 Å². The molecule has 122 valence electrons. The molecule has 1 aromatic carbocycles. The third kappa shape index (κ3) is 1.27. The van der Waals surface area contributed by atoms with Crippen LogP contribution in [0.4, 0.5) is 5.69 Å². The van der Waals surface area contributed by atoms with Gasteiger partial charge in [-0.3, -0.25) is 4.90 Å². The molecular formula is C20H26N2O. The molecular weight excluding hydrogens is 284 g/mol. The van der Waals surface area contributed by atoms with Crippen LogP contribution in [0.25, 0.3) is 0 Å². The Balaban J connectivity index is 1.60. The fraction of sp³-hybridized carbons (Fsp3) is 0.700. The van der Waals surface area contributed by atoms with Crippen LogP contribution in [0.5, 0.6) is 0 Å². The Hall–Kier alpha value is -1.06. The molecule has 1 saturated carbocycles. The number of piperidine rings is 1. The molecule has 0 bridgehead atoms. The van der Waals surface area contributed by atoms with Crippen molar-refractivity contribution < 1.29 is 4.74 Å². The minimum Gasteiger partial charge on any atom is -0.370 e. The fourth-order valence-electron chi connectivity index (χ4n) is 7.37. The van der Waals surface area contributed by atoms with Gasteiger partial charge < -0.3 is 9.64 Å². The molecule has 0 N–H and O–H groups in total. The Morgan fingerprint density at radius 1 is 1.26 bits per heavy atom. The zero-order valence-corrected chi connectivity index (χ0v) is 14.2. The second-order valence-electron chi connectivity index (χ2n) is 8.55. The van der Waals surface area contributed by atoms with Gasteiger partial charge in [0, 0.05) is 42.2 Å². The summed E-state index contributed by atoms with van der Waals surface area (Å²) in [6.45, 7) is 4.86. The summed E-state index contributed by atoms with van der Waals surface area (Å²) in [6, 6.07) is 10.6. The molecule has 0 amide bonds. The van der Waals surface area contributed by atoms with Crippen LogP contribution < -0.4 is 4.90 Å². The Labute approximate surface area is 138 Å². The lowest BCUT2D eigenvalue weighted by atomic mass is 9.52. The zero-order valence-electron chi connectivity index (χ0n) is 14.2. The van der Waals surface area contributed by atoms with Crippen molar-refractivity contribution in [2.75, 3.05) is 25.0 Å². The van der Waals surface area contributed by atoms with Gasteiger partial charge in [-0.1, -0.05) is 25.1 Å². The van der Waals surface area contributed by atoms with E-state index in [1.165, 1.54) is 44.5 Å². The highest BCUT2D eigenvalue weighted by molar-refractivity contribution is 5.66. The predicted octanol–water partition coefficient (Wildman–Crippen LogP) is 2.79. The number of ether oxygens (including phenoxy) is 1. The molecule has 6 atom stereocenters. The summed E-state index contributed by atoms with van der Waals surface area (Å²) in [5.74, 6) is 0. The highest BCUT2D eigenvalue weighted by Gasteiger charge is 2.74. The van der Waals surface area contributed by atoms with Gasteiger partial charge in [0.25, 0.3) is 0 Å². The zero-order chi connectivity index (χ0) is 15.4. The molecule has 6 rings (SSSR count). The molecule has 0 radical (unpaired) electrons. The van der Waals surface area contributed by atoms with Crippen molar-refractivity contribution in [2.45, 2.75) is 62.3 Å². The van der Waals surface area contributed by atoms with Crippen LogP contribution in [0.3, 0.4) is 0 Å². The smallest absolute Gasteiger partial charge is 0.0974 e. The van der Waals surface area contributed by atoms with Crippen molar-refractivity contribution in [3.63, 3.8) is 0 Å². The second kappa shape index (κ2) is 3.94. The van der Waals surface area contributed by atoms with E-state index in [1.54, 1.807) is 5.56 Å². The maximum atomic E-state index is 6.20. The molecule has 1 spiro atoms. The monoisotopic (exact) mass is 310 g/mol. The molecule has 0 aromatic heterocycles. The van der Waals surface area contributed by atoms with Crippen LogP contribution in [-0.2, 0) is 10.2 Å². The molecule has 5 aliphatic rings. The molecule has 23 heavy (non-hydrogen) atoms. The summed E-state index contributed by atoms with van der Waals surface area (Å²) >= 11 is 0. The topological polar surface area (TPSA) is 19.0 Å². The minimum atomic E-state index is 0.344. The van der Waals surface area contributed by atoms with Gasteiger partial charge in [-0.2, -0.15) is 0 Å². The fourth-order valence-corrected chi connectivity index (χ4v) is 7.37. The summed E-state index contributed by atoms with van der Waals surface area (Å²) in [5, 5.41) is 0. The van der Waals surface area contributed by atoms with Crippen molar-refractivity contribution in [2.24, 2.45) is 5.41 Å². The quantitative estimate of drug-likeness (QED) is 0.744. The number of anilines is 1. The number of benzene rings is 1. The highest BCUT2D eigenvalue weighted by atomic mass is 16.6. The van der Waals surface area contributed by atoms with Crippen molar-refractivity contribution in [3.8, 4) is 0 Å². The van der Waals surface area contributed by atoms with Crippen LogP contribution in [-0.4, -0.2) is 49.3 Å². The van der Waals surface area contributed by atoms with Gasteiger partial charge >= 0.3 is 0 Å². The maximum Gasteiger partial charge on any atom is 0.0974 e. The first-order chi connectivity index (χ1) is 11.2. The SMILES string of the molecule is CCC12CCC3N(C)c4ccccc4C34CCN(CC3OC31)C24. The number of fused-ring (bicyclic) bond motifs is 3. The first-order valence-electron chi connectivity index (χ1n) is 9.44. The van der Waals surface area contributed by atoms with E-state index in [2.05, 4.69) is 48.0 Å². The molecule has 4 heterocycles. The Kier molecular flexibility index (Phi) is 2.27. The molecule has 3 nitrogen and oxygen atoms in total. The van der Waals surface area contributed by atoms with E-state index in [4.69, 9.17) is 4.74 Å². The molecule has 4 aliphatic heterocycles. The van der Waals surface area contributed by atoms with Gasteiger partial charge in [0.2, 0.25) is 0 Å². The number of rotatable bonds is 1. The van der Waals surface area contributed by atoms with Gasteiger partial charge in [-0.25, -0.2) is 0 Å². The standard InChI is InChI=1S/C20H26N2O/c1-3-19-9-8-16-20(13-6-4-5-7-14(13)21(16)2)10-11-22(18(19)20)12-15-17(19)23-15/h4-7,15-18H,3,8-12H2,1-2H3. The number of hydrogen-bond donors (Lipinski definition) is 0. The van der Waals surface area contributed by atoms with E-state index >= 15 is 0 Å². The van der Waals surface area contributed by atoms with Gasteiger partial charge in [-0.05, 0) is 43.9 Å². The summed E-state index contributed by atoms with van der Waals surface area (Å²) in [7, 11) is 2.33. The van der Waals surface area contributed by atoms with Crippen LogP contribution in [0.15, 0.2) is 24.3 Å². The Morgan fingerprint density at radius 2 is 2.13 bits per heavy atom. The normalized spacial score (nSPS) is 49.4. The van der Waals surface area contributed by atoms with E-state index in [-0.39, 0.29) is 0 Å². The van der Waals surface area contributed by atoms with Gasteiger partial charge in [0.15, 0.2) is 0 Å². The van der Waals surface area contributed by atoms with Crippen molar-refractivity contribution in [3.05, 3.63) is 29.8 Å². The third-order valence-corrected chi connectivity index (χ3v) is 8.16. The Bertz CT molecular complexity index is 690. The lowest BCUT2D eigenvalue weighted by Crippen LogP contribution is -2.66. The number of likely N-dealkylation sites (N-methyl/N-ethyl adjacent to an activating group) is 1. The number of epoxide rings is 1. The van der Waals surface area contributed by atoms with E-state index in [1.807, 2.05) is 0 Å². The first kappa shape index (κ1) is 13.3. The second-order valence-corrected chi connectivity index (χ2v) is 8.55. The van der Waals surface area contributed by atoms with Crippen LogP contribution in [0, 0.1) is 5.41 Å². The Morgan fingerprint density at radius 3 is 3.00 bits per heavy atom. The van der Waals surface area contributed by atoms with Gasteiger partial charge in [0.1, 0.15) is 0 Å². The average molecular weight is 310 g/mol. The van der Waals surface area contributed by atoms with Crippen LogP contribution >= 0.6 is 0 Å². The van der Waals surface area contributed by atoms with Crippen LogP contribution in [0.1, 0.15) is 38.2 Å².